The molecule has 3 rings (SSSR count). The first-order valence-electron chi connectivity index (χ1n) is 11.0. The van der Waals surface area contributed by atoms with Crippen molar-refractivity contribution in [2.75, 3.05) is 26.2 Å². The predicted octanol–water partition coefficient (Wildman–Crippen LogP) is 4.21. The molecule has 2 aliphatic rings. The fourth-order valence-corrected chi connectivity index (χ4v) is 4.58. The summed E-state index contributed by atoms with van der Waals surface area (Å²) in [5.41, 5.74) is 7.13. The quantitative estimate of drug-likeness (QED) is 0.650. The zero-order valence-corrected chi connectivity index (χ0v) is 19.8. The highest BCUT2D eigenvalue weighted by atomic mass is 35.5. The second-order valence-electron chi connectivity index (χ2n) is 9.77. The molecule has 30 heavy (non-hydrogen) atoms. The topological polar surface area (TPSA) is 67.6 Å². The molecule has 0 aliphatic carbocycles. The van der Waals surface area contributed by atoms with Gasteiger partial charge in [-0.15, -0.1) is 0 Å². The number of nitrogens with one attached hydrogen (secondary N) is 1. The summed E-state index contributed by atoms with van der Waals surface area (Å²) in [7, 11) is 0. The van der Waals surface area contributed by atoms with Gasteiger partial charge in [-0.05, 0) is 70.7 Å². The van der Waals surface area contributed by atoms with E-state index in [4.69, 9.17) is 33.7 Å². The van der Waals surface area contributed by atoms with Gasteiger partial charge in [0.1, 0.15) is 6.10 Å². The molecule has 2 aliphatic heterocycles. The summed E-state index contributed by atoms with van der Waals surface area (Å²) in [6.07, 6.45) is 3.96. The minimum Gasteiger partial charge on any atom is -0.462 e. The standard InChI is InChI=1S/C23H35Cl2N3O2/c1-23(2,3)22(29)30-17-7-10-28(11-8-17)9-6-16-13-18(21(26)14-27-16)15-4-5-19(24)20(25)12-15/h4-5,12,16-18,21,27H,6-11,13-14,26H2,1-3H3/t16?,18-,21+/m0/s1. The van der Waals surface area contributed by atoms with Gasteiger partial charge < -0.3 is 20.7 Å². The van der Waals surface area contributed by atoms with Gasteiger partial charge in [-0.3, -0.25) is 4.79 Å². The highest BCUT2D eigenvalue weighted by Gasteiger charge is 2.31. The molecule has 2 heterocycles. The maximum Gasteiger partial charge on any atom is 0.311 e. The van der Waals surface area contributed by atoms with Crippen LogP contribution in [0, 0.1) is 5.41 Å². The van der Waals surface area contributed by atoms with Crippen LogP contribution in [0.25, 0.3) is 0 Å². The van der Waals surface area contributed by atoms with Crippen molar-refractivity contribution >= 4 is 29.2 Å². The second kappa shape index (κ2) is 10.2. The molecular weight excluding hydrogens is 421 g/mol. The summed E-state index contributed by atoms with van der Waals surface area (Å²) in [4.78, 5) is 14.6. The van der Waals surface area contributed by atoms with Gasteiger partial charge in [0.25, 0.3) is 0 Å². The van der Waals surface area contributed by atoms with Gasteiger partial charge in [0, 0.05) is 37.6 Å². The summed E-state index contributed by atoms with van der Waals surface area (Å²) >= 11 is 12.3. The van der Waals surface area contributed by atoms with E-state index in [1.165, 1.54) is 5.56 Å². The van der Waals surface area contributed by atoms with E-state index in [9.17, 15) is 4.79 Å². The molecule has 7 heteroatoms. The lowest BCUT2D eigenvalue weighted by molar-refractivity contribution is -0.160. The number of ether oxygens (including phenoxy) is 1. The summed E-state index contributed by atoms with van der Waals surface area (Å²) < 4.78 is 5.68. The molecule has 3 atom stereocenters. The maximum absolute atomic E-state index is 12.1. The zero-order chi connectivity index (χ0) is 21.9. The highest BCUT2D eigenvalue weighted by molar-refractivity contribution is 6.42. The van der Waals surface area contributed by atoms with E-state index in [0.717, 1.165) is 51.9 Å². The fourth-order valence-electron chi connectivity index (χ4n) is 4.27. The maximum atomic E-state index is 12.1. The number of hydrogen-bond acceptors (Lipinski definition) is 5. The number of likely N-dealkylation sites (tertiary alicyclic amines) is 1. The Morgan fingerprint density at radius 1 is 1.23 bits per heavy atom. The highest BCUT2D eigenvalue weighted by Crippen LogP contribution is 2.32. The van der Waals surface area contributed by atoms with Crippen molar-refractivity contribution in [1.29, 1.82) is 0 Å². The van der Waals surface area contributed by atoms with Crippen LogP contribution in [-0.2, 0) is 9.53 Å². The number of hydrogen-bond donors (Lipinski definition) is 2. The Kier molecular flexibility index (Phi) is 8.08. The smallest absolute Gasteiger partial charge is 0.311 e. The van der Waals surface area contributed by atoms with E-state index in [0.29, 0.717) is 16.1 Å². The molecule has 1 unspecified atom stereocenters. The van der Waals surface area contributed by atoms with Crippen LogP contribution >= 0.6 is 23.2 Å². The third-order valence-electron chi connectivity index (χ3n) is 6.28. The van der Waals surface area contributed by atoms with Crippen molar-refractivity contribution in [3.05, 3.63) is 33.8 Å². The van der Waals surface area contributed by atoms with Crippen LogP contribution in [0.4, 0.5) is 0 Å². The van der Waals surface area contributed by atoms with E-state index < -0.39 is 5.41 Å². The number of esters is 1. The van der Waals surface area contributed by atoms with Crippen LogP contribution in [0.15, 0.2) is 18.2 Å². The Morgan fingerprint density at radius 2 is 1.93 bits per heavy atom. The van der Waals surface area contributed by atoms with Gasteiger partial charge in [0.15, 0.2) is 0 Å². The van der Waals surface area contributed by atoms with E-state index >= 15 is 0 Å². The first-order chi connectivity index (χ1) is 14.1. The van der Waals surface area contributed by atoms with Crippen LogP contribution in [0.2, 0.25) is 10.0 Å². The summed E-state index contributed by atoms with van der Waals surface area (Å²) in [5.74, 6) is 0.186. The van der Waals surface area contributed by atoms with Crippen molar-refractivity contribution in [1.82, 2.24) is 10.2 Å². The summed E-state index contributed by atoms with van der Waals surface area (Å²) in [6.45, 7) is 9.51. The van der Waals surface area contributed by atoms with Gasteiger partial charge in [0.2, 0.25) is 0 Å². The Hall–Kier alpha value is -0.850. The van der Waals surface area contributed by atoms with Gasteiger partial charge in [-0.25, -0.2) is 0 Å². The number of rotatable bonds is 5. The van der Waals surface area contributed by atoms with E-state index in [1.54, 1.807) is 0 Å². The number of carbonyl (C=O) groups is 1. The summed E-state index contributed by atoms with van der Waals surface area (Å²) in [6, 6.07) is 6.37. The molecule has 168 valence electrons. The number of halogens is 2. The van der Waals surface area contributed by atoms with Crippen molar-refractivity contribution < 1.29 is 9.53 Å². The normalized spacial score (nSPS) is 26.5. The molecule has 2 fully saturated rings. The minimum absolute atomic E-state index is 0.0535. The number of piperidine rings is 2. The van der Waals surface area contributed by atoms with Crippen LogP contribution in [-0.4, -0.2) is 55.2 Å². The van der Waals surface area contributed by atoms with Crippen LogP contribution < -0.4 is 11.1 Å². The molecule has 3 N–H and O–H groups in total. The van der Waals surface area contributed by atoms with Crippen molar-refractivity contribution in [3.8, 4) is 0 Å². The average molecular weight is 456 g/mol. The van der Waals surface area contributed by atoms with Crippen molar-refractivity contribution in [2.24, 2.45) is 11.1 Å². The molecule has 0 bridgehead atoms. The van der Waals surface area contributed by atoms with Crippen LogP contribution in [0.3, 0.4) is 0 Å². The zero-order valence-electron chi connectivity index (χ0n) is 18.3. The lowest BCUT2D eigenvalue weighted by Crippen LogP contribution is -2.51. The Morgan fingerprint density at radius 3 is 2.57 bits per heavy atom. The number of benzene rings is 1. The lowest BCUT2D eigenvalue weighted by atomic mass is 9.82. The predicted molar refractivity (Wildman–Crippen MR) is 123 cm³/mol. The van der Waals surface area contributed by atoms with Gasteiger partial charge in [-0.1, -0.05) is 29.3 Å². The third kappa shape index (κ3) is 6.33. The Labute approximate surface area is 190 Å². The molecule has 5 nitrogen and oxygen atoms in total. The first-order valence-corrected chi connectivity index (χ1v) is 11.8. The van der Waals surface area contributed by atoms with Gasteiger partial charge in [0.05, 0.1) is 15.5 Å². The molecule has 1 aromatic rings. The Bertz CT molecular complexity index is 730. The third-order valence-corrected chi connectivity index (χ3v) is 7.02. The van der Waals surface area contributed by atoms with E-state index in [2.05, 4.69) is 10.2 Å². The van der Waals surface area contributed by atoms with Crippen LogP contribution in [0.1, 0.15) is 57.9 Å². The molecule has 2 saturated heterocycles. The van der Waals surface area contributed by atoms with Gasteiger partial charge in [-0.2, -0.15) is 0 Å². The average Bonchev–Trinajstić information content (AvgIpc) is 2.70. The summed E-state index contributed by atoms with van der Waals surface area (Å²) in [5, 5.41) is 4.77. The minimum atomic E-state index is -0.435. The van der Waals surface area contributed by atoms with Crippen molar-refractivity contribution in [3.63, 3.8) is 0 Å². The number of nitrogens with zero attached hydrogens (tertiary/aromatic N) is 1. The monoisotopic (exact) mass is 455 g/mol. The molecular formula is C23H35Cl2N3O2. The second-order valence-corrected chi connectivity index (χ2v) is 10.6. The van der Waals surface area contributed by atoms with E-state index in [-0.39, 0.29) is 24.0 Å². The molecule has 0 spiro atoms. The SMILES string of the molecule is CC(C)(C)C(=O)OC1CCN(CCC2C[C@@H](c3ccc(Cl)c(Cl)c3)[C@H](N)CN2)CC1. The van der Waals surface area contributed by atoms with E-state index in [1.807, 2.05) is 39.0 Å². The molecule has 0 amide bonds. The number of carbonyl (C=O) groups excluding carboxylic acids is 1. The first kappa shape index (κ1) is 23.8. The number of nitrogens with two attached hydrogens (primary N) is 1. The van der Waals surface area contributed by atoms with Crippen LogP contribution in [0.5, 0.6) is 0 Å². The fraction of sp³-hybridized carbons (Fsp3) is 0.696. The molecule has 0 saturated carbocycles. The molecule has 0 aromatic heterocycles. The van der Waals surface area contributed by atoms with Gasteiger partial charge >= 0.3 is 5.97 Å². The van der Waals surface area contributed by atoms with Crippen molar-refractivity contribution in [2.45, 2.75) is 70.6 Å². The largest absolute Gasteiger partial charge is 0.462 e. The molecule has 1 aromatic carbocycles. The lowest BCUT2D eigenvalue weighted by Gasteiger charge is -2.37. The Balaban J connectivity index is 1.45. The molecule has 0 radical (unpaired) electrons.